The Labute approximate surface area is 277 Å². The molecule has 3 aromatic heterocycles. The van der Waals surface area contributed by atoms with Gasteiger partial charge >= 0.3 is 6.03 Å². The molecule has 1 aromatic carbocycles. The lowest BCUT2D eigenvalue weighted by atomic mass is 9.85. The number of nitrogens with zero attached hydrogens (tertiary/aromatic N) is 5. The second kappa shape index (κ2) is 13.8. The van der Waals surface area contributed by atoms with E-state index in [1.165, 1.54) is 0 Å². The van der Waals surface area contributed by atoms with Crippen molar-refractivity contribution in [3.05, 3.63) is 83.1 Å². The number of ketones is 1. The van der Waals surface area contributed by atoms with E-state index in [0.29, 0.717) is 47.9 Å². The molecule has 0 unspecified atom stereocenters. The van der Waals surface area contributed by atoms with Gasteiger partial charge in [0.1, 0.15) is 23.1 Å². The number of aromatic nitrogens is 4. The Morgan fingerprint density at radius 1 is 1.00 bits per heavy atom. The highest BCUT2D eigenvalue weighted by molar-refractivity contribution is 5.97. The second-order valence-corrected chi connectivity index (χ2v) is 14.0. The molecule has 0 aliphatic heterocycles. The van der Waals surface area contributed by atoms with Gasteiger partial charge in [0.05, 0.1) is 12.2 Å². The van der Waals surface area contributed by atoms with Crippen LogP contribution in [0.15, 0.2) is 54.7 Å². The number of urea groups is 1. The summed E-state index contributed by atoms with van der Waals surface area (Å²) in [4.78, 5) is 33.2. The largest absolute Gasteiger partial charge is 0.484 e. The Morgan fingerprint density at radius 3 is 2.45 bits per heavy atom. The number of anilines is 1. The van der Waals surface area contributed by atoms with E-state index in [1.54, 1.807) is 13.2 Å². The molecule has 11 nitrogen and oxygen atoms in total. The highest BCUT2D eigenvalue weighted by Crippen LogP contribution is 2.39. The fourth-order valence-electron chi connectivity index (χ4n) is 5.77. The fraction of sp³-hybridized carbons (Fsp3) is 0.472. The van der Waals surface area contributed by atoms with Crippen molar-refractivity contribution in [2.24, 2.45) is 0 Å². The number of methoxy groups -OCH3 is 1. The number of rotatable bonds is 11. The minimum Gasteiger partial charge on any atom is -0.484 e. The van der Waals surface area contributed by atoms with Crippen LogP contribution >= 0.6 is 0 Å². The van der Waals surface area contributed by atoms with Gasteiger partial charge in [-0.3, -0.25) is 9.20 Å². The zero-order chi connectivity index (χ0) is 33.9. The van der Waals surface area contributed by atoms with Gasteiger partial charge in [-0.05, 0) is 89.1 Å². The SMILES string of the molecule is COC(C)(C)c1nnc2ccc(O[C@@H]3CC[C@H](NC(=O)Nc4cc(C(=O)CCCN(C)C)nc(C(C)(C)C)c4)c4ccccc43)cn12. The monoisotopic (exact) mass is 641 g/mol. The average Bonchev–Trinajstić information content (AvgIpc) is 3.46. The Bertz CT molecular complexity index is 1740. The van der Waals surface area contributed by atoms with Crippen molar-refractivity contribution in [1.29, 1.82) is 0 Å². The van der Waals surface area contributed by atoms with E-state index < -0.39 is 5.60 Å². The Kier molecular flexibility index (Phi) is 9.97. The van der Waals surface area contributed by atoms with Crippen LogP contribution in [0.2, 0.25) is 0 Å². The molecule has 2 N–H and O–H groups in total. The predicted octanol–water partition coefficient (Wildman–Crippen LogP) is 6.60. The highest BCUT2D eigenvalue weighted by Gasteiger charge is 2.31. The van der Waals surface area contributed by atoms with Gasteiger partial charge in [-0.2, -0.15) is 0 Å². The summed E-state index contributed by atoms with van der Waals surface area (Å²) in [6.07, 6.45) is 4.22. The molecule has 0 saturated carbocycles. The van der Waals surface area contributed by atoms with Gasteiger partial charge in [0, 0.05) is 30.3 Å². The molecule has 2 amide bonds. The lowest BCUT2D eigenvalue weighted by Crippen LogP contribution is -2.35. The van der Waals surface area contributed by atoms with Crippen LogP contribution in [0.1, 0.15) is 106 Å². The molecular weight excluding hydrogens is 594 g/mol. The number of amides is 2. The summed E-state index contributed by atoms with van der Waals surface area (Å²) in [6.45, 7) is 10.8. The zero-order valence-electron chi connectivity index (χ0n) is 28.8. The van der Waals surface area contributed by atoms with Crippen LogP contribution in [0.25, 0.3) is 5.65 Å². The number of carbonyl (C=O) groups is 2. The molecule has 0 saturated heterocycles. The molecule has 1 aliphatic carbocycles. The first-order valence-electron chi connectivity index (χ1n) is 16.2. The topological polar surface area (TPSA) is 123 Å². The van der Waals surface area contributed by atoms with Crippen LogP contribution in [-0.4, -0.2) is 64.0 Å². The first-order chi connectivity index (χ1) is 22.2. The van der Waals surface area contributed by atoms with Crippen molar-refractivity contribution < 1.29 is 19.1 Å². The normalized spacial score (nSPS) is 16.6. The maximum absolute atomic E-state index is 13.4. The van der Waals surface area contributed by atoms with Crippen molar-refractivity contribution in [2.45, 2.75) is 83.5 Å². The molecule has 2 atom stereocenters. The van der Waals surface area contributed by atoms with Crippen molar-refractivity contribution >= 4 is 23.1 Å². The minimum absolute atomic E-state index is 0.0317. The van der Waals surface area contributed by atoms with E-state index in [2.05, 4.69) is 36.8 Å². The molecule has 47 heavy (non-hydrogen) atoms. The van der Waals surface area contributed by atoms with E-state index in [4.69, 9.17) is 9.47 Å². The minimum atomic E-state index is -0.622. The Balaban J connectivity index is 1.31. The van der Waals surface area contributed by atoms with Crippen LogP contribution in [0.3, 0.4) is 0 Å². The third-order valence-corrected chi connectivity index (χ3v) is 8.59. The molecule has 0 fully saturated rings. The number of pyridine rings is 2. The molecule has 3 heterocycles. The lowest BCUT2D eigenvalue weighted by molar-refractivity contribution is 0.0106. The van der Waals surface area contributed by atoms with Gasteiger partial charge in [0.2, 0.25) is 0 Å². The summed E-state index contributed by atoms with van der Waals surface area (Å²) in [5, 5.41) is 14.8. The quantitative estimate of drug-likeness (QED) is 0.176. The van der Waals surface area contributed by atoms with Crippen LogP contribution < -0.4 is 15.4 Å². The number of hydrogen-bond acceptors (Lipinski definition) is 8. The van der Waals surface area contributed by atoms with Gasteiger partial charge in [-0.15, -0.1) is 10.2 Å². The average molecular weight is 642 g/mol. The Morgan fingerprint density at radius 2 is 1.74 bits per heavy atom. The molecule has 0 radical (unpaired) electrons. The number of ether oxygens (including phenoxy) is 2. The summed E-state index contributed by atoms with van der Waals surface area (Å²) in [5.74, 6) is 1.34. The summed E-state index contributed by atoms with van der Waals surface area (Å²) in [6, 6.07) is 14.8. The van der Waals surface area contributed by atoms with E-state index >= 15 is 0 Å². The maximum atomic E-state index is 13.4. The number of fused-ring (bicyclic) bond motifs is 2. The highest BCUT2D eigenvalue weighted by atomic mass is 16.5. The van der Waals surface area contributed by atoms with E-state index in [9.17, 15) is 9.59 Å². The molecule has 4 aromatic rings. The van der Waals surface area contributed by atoms with E-state index in [-0.39, 0.29) is 29.4 Å². The fourth-order valence-corrected chi connectivity index (χ4v) is 5.77. The first kappa shape index (κ1) is 34.0. The van der Waals surface area contributed by atoms with Gasteiger partial charge in [0.15, 0.2) is 17.3 Å². The van der Waals surface area contributed by atoms with Crippen LogP contribution in [0, 0.1) is 0 Å². The molecular formula is C36H47N7O4. The van der Waals surface area contributed by atoms with E-state index in [1.807, 2.05) is 95.7 Å². The summed E-state index contributed by atoms with van der Waals surface area (Å²) < 4.78 is 14.1. The number of Topliss-reactive ketones (excluding diaryl/α,β-unsaturated/α-hetero) is 1. The number of carbonyl (C=O) groups excluding carboxylic acids is 2. The zero-order valence-corrected chi connectivity index (χ0v) is 28.8. The molecule has 11 heteroatoms. The van der Waals surface area contributed by atoms with Gasteiger partial charge in [-0.1, -0.05) is 45.0 Å². The predicted molar refractivity (Wildman–Crippen MR) is 182 cm³/mol. The summed E-state index contributed by atoms with van der Waals surface area (Å²) >= 11 is 0. The second-order valence-electron chi connectivity index (χ2n) is 14.0. The van der Waals surface area contributed by atoms with Gasteiger partial charge in [0.25, 0.3) is 0 Å². The molecule has 0 spiro atoms. The molecule has 250 valence electrons. The Hall–Kier alpha value is -4.35. The third-order valence-electron chi connectivity index (χ3n) is 8.59. The summed E-state index contributed by atoms with van der Waals surface area (Å²) in [7, 11) is 5.62. The smallest absolute Gasteiger partial charge is 0.319 e. The number of hydrogen-bond donors (Lipinski definition) is 2. The van der Waals surface area contributed by atoms with Crippen LogP contribution in [0.5, 0.6) is 5.75 Å². The van der Waals surface area contributed by atoms with Crippen molar-refractivity contribution in [3.63, 3.8) is 0 Å². The number of nitrogens with one attached hydrogen (secondary N) is 2. The molecule has 0 bridgehead atoms. The van der Waals surface area contributed by atoms with Crippen LogP contribution in [0.4, 0.5) is 10.5 Å². The lowest BCUT2D eigenvalue weighted by Gasteiger charge is -2.32. The number of benzene rings is 1. The van der Waals surface area contributed by atoms with Crippen molar-refractivity contribution in [1.82, 2.24) is 29.8 Å². The standard InChI is InChI=1S/C36H47N7O4/c1-35(2,3)31-21-23(20-28(38-31)29(44)14-11-19-42(6)7)37-34(45)39-27-16-17-30(26-13-10-9-12-25(26)27)47-24-15-18-32-40-41-33(43(32)22-24)36(4,5)46-8/h9-10,12-13,15,18,20-22,27,30H,11,14,16-17,19H2,1-8H3,(H2,37,38,39,45)/t27-,30+/m0/s1. The van der Waals surface area contributed by atoms with E-state index in [0.717, 1.165) is 29.8 Å². The molecule has 5 rings (SSSR count). The van der Waals surface area contributed by atoms with Crippen molar-refractivity contribution in [3.8, 4) is 5.75 Å². The van der Waals surface area contributed by atoms with Gasteiger partial charge < -0.3 is 25.0 Å². The van der Waals surface area contributed by atoms with Crippen molar-refractivity contribution in [2.75, 3.05) is 33.1 Å². The summed E-state index contributed by atoms with van der Waals surface area (Å²) in [5.41, 5.74) is 3.48. The third kappa shape index (κ3) is 7.97. The molecule has 1 aliphatic rings. The first-order valence-corrected chi connectivity index (χ1v) is 16.2. The van der Waals surface area contributed by atoms with Crippen LogP contribution in [-0.2, 0) is 15.8 Å². The van der Waals surface area contributed by atoms with Gasteiger partial charge in [-0.25, -0.2) is 9.78 Å². The maximum Gasteiger partial charge on any atom is 0.319 e.